The number of benzene rings is 1. The summed E-state index contributed by atoms with van der Waals surface area (Å²) in [7, 11) is 0. The Bertz CT molecular complexity index is 471. The molecule has 0 aliphatic carbocycles. The molecule has 4 nitrogen and oxygen atoms in total. The Labute approximate surface area is 125 Å². The van der Waals surface area contributed by atoms with Gasteiger partial charge in [0.2, 0.25) is 5.91 Å². The summed E-state index contributed by atoms with van der Waals surface area (Å²) in [6, 6.07) is 7.47. The van der Waals surface area contributed by atoms with Crippen LogP contribution in [-0.2, 0) is 9.53 Å². The topological polar surface area (TPSA) is 49.8 Å². The summed E-state index contributed by atoms with van der Waals surface area (Å²) in [6.07, 6.45) is 3.98. The number of rotatable bonds is 2. The van der Waals surface area contributed by atoms with Crippen LogP contribution in [0.3, 0.4) is 0 Å². The molecule has 1 aromatic rings. The molecule has 2 heterocycles. The molecule has 4 heteroatoms. The van der Waals surface area contributed by atoms with Crippen LogP contribution in [0.1, 0.15) is 37.2 Å². The molecule has 1 amide bonds. The van der Waals surface area contributed by atoms with E-state index in [0.29, 0.717) is 18.3 Å². The van der Waals surface area contributed by atoms with E-state index in [1.807, 2.05) is 17.0 Å². The number of phenolic OH excluding ortho intramolecular Hbond substituents is 1. The lowest BCUT2D eigenvalue weighted by molar-refractivity contribution is -0.140. The van der Waals surface area contributed by atoms with Crippen LogP contribution in [0.15, 0.2) is 24.3 Å². The van der Waals surface area contributed by atoms with Crippen LogP contribution >= 0.6 is 0 Å². The highest BCUT2D eigenvalue weighted by Crippen LogP contribution is 2.30. The fourth-order valence-electron chi connectivity index (χ4n) is 3.37. The smallest absolute Gasteiger partial charge is 0.228 e. The molecule has 0 saturated carbocycles. The van der Waals surface area contributed by atoms with Crippen LogP contribution in [0.2, 0.25) is 0 Å². The molecule has 2 saturated heterocycles. The van der Waals surface area contributed by atoms with Gasteiger partial charge in [0.1, 0.15) is 5.75 Å². The van der Waals surface area contributed by atoms with Crippen molar-refractivity contribution in [2.24, 2.45) is 5.92 Å². The number of hydrogen-bond donors (Lipinski definition) is 1. The fraction of sp³-hybridized carbons (Fsp3) is 0.588. The van der Waals surface area contributed by atoms with E-state index in [1.165, 1.54) is 5.56 Å². The molecular formula is C17H23NO3. The Balaban J connectivity index is 1.54. The monoisotopic (exact) mass is 289 g/mol. The number of carbonyl (C=O) groups is 1. The first-order valence-electron chi connectivity index (χ1n) is 7.89. The van der Waals surface area contributed by atoms with E-state index in [4.69, 9.17) is 4.74 Å². The van der Waals surface area contributed by atoms with Crippen molar-refractivity contribution in [3.05, 3.63) is 29.8 Å². The Kier molecular flexibility index (Phi) is 4.44. The summed E-state index contributed by atoms with van der Waals surface area (Å²) in [5.41, 5.74) is 1.26. The molecule has 0 aromatic heterocycles. The minimum absolute atomic E-state index is 0.0731. The molecule has 114 valence electrons. The number of aromatic hydroxyl groups is 1. The minimum Gasteiger partial charge on any atom is -0.508 e. The van der Waals surface area contributed by atoms with Gasteiger partial charge in [-0.15, -0.1) is 0 Å². The number of carbonyl (C=O) groups excluding carboxylic acids is 1. The summed E-state index contributed by atoms with van der Waals surface area (Å²) in [5.74, 6) is 1.16. The Morgan fingerprint density at radius 3 is 2.48 bits per heavy atom. The molecule has 0 bridgehead atoms. The average molecular weight is 289 g/mol. The third-order valence-corrected chi connectivity index (χ3v) is 4.68. The van der Waals surface area contributed by atoms with Gasteiger partial charge in [-0.25, -0.2) is 0 Å². The van der Waals surface area contributed by atoms with Crippen LogP contribution in [0.4, 0.5) is 0 Å². The number of likely N-dealkylation sites (tertiary alicyclic amines) is 1. The van der Waals surface area contributed by atoms with Crippen molar-refractivity contribution in [3.63, 3.8) is 0 Å². The molecule has 3 rings (SSSR count). The third kappa shape index (κ3) is 3.38. The van der Waals surface area contributed by atoms with Gasteiger partial charge in [0, 0.05) is 19.7 Å². The fourth-order valence-corrected chi connectivity index (χ4v) is 3.37. The summed E-state index contributed by atoms with van der Waals surface area (Å²) < 4.78 is 5.42. The predicted molar refractivity (Wildman–Crippen MR) is 80.2 cm³/mol. The average Bonchev–Trinajstić information content (AvgIpc) is 2.56. The second kappa shape index (κ2) is 6.48. The molecule has 0 radical (unpaired) electrons. The number of ether oxygens (including phenoxy) is 1. The maximum Gasteiger partial charge on any atom is 0.228 e. The van der Waals surface area contributed by atoms with Gasteiger partial charge in [0.15, 0.2) is 0 Å². The molecule has 1 N–H and O–H groups in total. The lowest BCUT2D eigenvalue weighted by Gasteiger charge is -2.35. The van der Waals surface area contributed by atoms with Gasteiger partial charge in [-0.1, -0.05) is 12.1 Å². The van der Waals surface area contributed by atoms with Crippen LogP contribution in [0.5, 0.6) is 5.75 Å². The summed E-state index contributed by atoms with van der Waals surface area (Å²) in [4.78, 5) is 14.5. The van der Waals surface area contributed by atoms with E-state index in [-0.39, 0.29) is 11.8 Å². The van der Waals surface area contributed by atoms with Crippen molar-refractivity contribution in [1.82, 2.24) is 4.90 Å². The second-order valence-electron chi connectivity index (χ2n) is 6.11. The first-order valence-corrected chi connectivity index (χ1v) is 7.89. The highest BCUT2D eigenvalue weighted by Gasteiger charge is 2.29. The zero-order valence-corrected chi connectivity index (χ0v) is 12.3. The molecule has 1 unspecified atom stereocenters. The molecule has 2 fully saturated rings. The van der Waals surface area contributed by atoms with E-state index in [1.54, 1.807) is 12.1 Å². The van der Waals surface area contributed by atoms with Crippen LogP contribution < -0.4 is 0 Å². The van der Waals surface area contributed by atoms with Gasteiger partial charge in [-0.3, -0.25) is 4.79 Å². The Morgan fingerprint density at radius 2 is 1.86 bits per heavy atom. The van der Waals surface area contributed by atoms with Gasteiger partial charge in [0.05, 0.1) is 12.5 Å². The molecule has 0 spiro atoms. The van der Waals surface area contributed by atoms with E-state index in [9.17, 15) is 9.90 Å². The Morgan fingerprint density at radius 1 is 1.14 bits per heavy atom. The third-order valence-electron chi connectivity index (χ3n) is 4.68. The standard InChI is InChI=1S/C17H23NO3/c19-16-5-3-13(4-6-16)14-7-9-18(10-8-14)17(20)15-2-1-11-21-12-15/h3-6,14-15,19H,1-2,7-12H2. The molecule has 2 aliphatic heterocycles. The van der Waals surface area contributed by atoms with Crippen molar-refractivity contribution in [2.45, 2.75) is 31.6 Å². The molecule has 1 atom stereocenters. The van der Waals surface area contributed by atoms with Gasteiger partial charge in [0.25, 0.3) is 0 Å². The lowest BCUT2D eigenvalue weighted by atomic mass is 9.88. The van der Waals surface area contributed by atoms with E-state index < -0.39 is 0 Å². The van der Waals surface area contributed by atoms with Crippen molar-refractivity contribution < 1.29 is 14.6 Å². The zero-order valence-electron chi connectivity index (χ0n) is 12.3. The van der Waals surface area contributed by atoms with Gasteiger partial charge in [-0.05, 0) is 49.3 Å². The van der Waals surface area contributed by atoms with Crippen molar-refractivity contribution >= 4 is 5.91 Å². The maximum atomic E-state index is 12.5. The number of amides is 1. The van der Waals surface area contributed by atoms with Crippen molar-refractivity contribution in [1.29, 1.82) is 0 Å². The van der Waals surface area contributed by atoms with Crippen molar-refractivity contribution in [2.75, 3.05) is 26.3 Å². The number of piperidine rings is 1. The van der Waals surface area contributed by atoms with Crippen LogP contribution in [0, 0.1) is 5.92 Å². The SMILES string of the molecule is O=C(C1CCCOC1)N1CCC(c2ccc(O)cc2)CC1. The minimum atomic E-state index is 0.0731. The predicted octanol–water partition coefficient (Wildman–Crippen LogP) is 2.52. The second-order valence-corrected chi connectivity index (χ2v) is 6.11. The zero-order chi connectivity index (χ0) is 14.7. The summed E-state index contributed by atoms with van der Waals surface area (Å²) >= 11 is 0. The van der Waals surface area contributed by atoms with Gasteiger partial charge in [-0.2, -0.15) is 0 Å². The highest BCUT2D eigenvalue weighted by atomic mass is 16.5. The van der Waals surface area contributed by atoms with E-state index in [0.717, 1.165) is 45.4 Å². The first kappa shape index (κ1) is 14.4. The maximum absolute atomic E-state index is 12.5. The van der Waals surface area contributed by atoms with Gasteiger partial charge >= 0.3 is 0 Å². The van der Waals surface area contributed by atoms with E-state index in [2.05, 4.69) is 0 Å². The van der Waals surface area contributed by atoms with Gasteiger partial charge < -0.3 is 14.7 Å². The molecule has 21 heavy (non-hydrogen) atoms. The van der Waals surface area contributed by atoms with Crippen LogP contribution in [-0.4, -0.2) is 42.2 Å². The largest absolute Gasteiger partial charge is 0.508 e. The van der Waals surface area contributed by atoms with Crippen molar-refractivity contribution in [3.8, 4) is 5.75 Å². The Hall–Kier alpha value is -1.55. The van der Waals surface area contributed by atoms with Crippen LogP contribution in [0.25, 0.3) is 0 Å². The summed E-state index contributed by atoms with van der Waals surface area (Å²) in [6.45, 7) is 3.06. The quantitative estimate of drug-likeness (QED) is 0.910. The number of hydrogen-bond acceptors (Lipinski definition) is 3. The number of phenols is 1. The first-order chi connectivity index (χ1) is 10.2. The molecular weight excluding hydrogens is 266 g/mol. The summed E-state index contributed by atoms with van der Waals surface area (Å²) in [5, 5.41) is 9.35. The van der Waals surface area contributed by atoms with E-state index >= 15 is 0 Å². The number of nitrogens with zero attached hydrogens (tertiary/aromatic N) is 1. The molecule has 2 aliphatic rings. The molecule has 1 aromatic carbocycles. The lowest BCUT2D eigenvalue weighted by Crippen LogP contribution is -2.43. The highest BCUT2D eigenvalue weighted by molar-refractivity contribution is 5.79. The normalized spacial score (nSPS) is 24.0.